The zero-order valence-electron chi connectivity index (χ0n) is 36.2. The number of aliphatic hydroxyl groups is 1. The van der Waals surface area contributed by atoms with E-state index in [0.717, 1.165) is 22.4 Å². The zero-order valence-corrected chi connectivity index (χ0v) is 36.2. The fraction of sp³-hybridized carbons (Fsp3) is 0.500. The van der Waals surface area contributed by atoms with E-state index in [0.29, 0.717) is 11.3 Å². The number of pyridine rings is 1. The van der Waals surface area contributed by atoms with Crippen LogP contribution in [-0.2, 0) is 49.5 Å². The first-order chi connectivity index (χ1) is 29.7. The fourth-order valence-corrected chi connectivity index (χ4v) is 11.4. The van der Waals surface area contributed by atoms with Crippen molar-refractivity contribution in [2.75, 3.05) is 26.0 Å². The number of Topliss-reactive ketones (excluding diaryl/α,β-unsaturated/α-hetero) is 1. The molecule has 15 heteroatoms. The number of carbonyl (C=O) groups excluding carboxylic acids is 5. The van der Waals surface area contributed by atoms with E-state index in [1.807, 2.05) is 24.3 Å². The summed E-state index contributed by atoms with van der Waals surface area (Å²) in [6, 6.07) is 13.9. The summed E-state index contributed by atoms with van der Waals surface area (Å²) in [5, 5.41) is 16.7. The second kappa shape index (κ2) is 16.1. The highest BCUT2D eigenvalue weighted by Crippen LogP contribution is 2.72. The Morgan fingerprint density at radius 3 is 2.40 bits per heavy atom. The van der Waals surface area contributed by atoms with Crippen molar-refractivity contribution in [2.24, 2.45) is 22.7 Å². The molecule has 13 nitrogen and oxygen atoms in total. The molecule has 2 aromatic carbocycles. The van der Waals surface area contributed by atoms with Crippen molar-refractivity contribution in [2.45, 2.75) is 108 Å². The van der Waals surface area contributed by atoms with Crippen LogP contribution in [0.25, 0.3) is 10.8 Å². The van der Waals surface area contributed by atoms with Crippen LogP contribution in [0.1, 0.15) is 77.0 Å². The summed E-state index contributed by atoms with van der Waals surface area (Å²) in [6.45, 7) is 5.66. The Morgan fingerprint density at radius 1 is 0.968 bits per heavy atom. The summed E-state index contributed by atoms with van der Waals surface area (Å²) in [7, 11) is 3.60. The number of rotatable bonds is 12. The Hall–Kier alpha value is -5.22. The smallest absolute Gasteiger partial charge is 0.306 e. The van der Waals surface area contributed by atoms with Crippen LogP contribution in [-0.4, -0.2) is 101 Å². The molecule has 63 heavy (non-hydrogen) atoms. The number of ketones is 2. The second-order valence-electron chi connectivity index (χ2n) is 18.7. The third-order valence-corrected chi connectivity index (χ3v) is 14.3. The number of halogens is 2. The number of likely N-dealkylation sites (N-methyl/N-ethyl adjacent to an activating group) is 1. The van der Waals surface area contributed by atoms with E-state index < -0.39 is 94.3 Å². The molecule has 1 amide bonds. The third-order valence-electron chi connectivity index (χ3n) is 14.3. The molecule has 10 atom stereocenters. The molecule has 4 fully saturated rings. The van der Waals surface area contributed by atoms with E-state index in [1.165, 1.54) is 19.1 Å². The number of amides is 1. The number of alkyl halides is 2. The molecule has 3 aromatic rings. The van der Waals surface area contributed by atoms with Gasteiger partial charge in [0.2, 0.25) is 11.7 Å². The standard InChI is InChI=1S/C48H53F2N3O10/c1-44(2)62-39-22-33-34-21-36(49)35-20-32(54)15-17-45(35,3)47(34,50)37(55)23-46(33,4)48(39,63-44)38(56)26-61-41(58)14-13-40(57)60-25-27-7-9-28(10-8-27)42(53(5)6)43(59)52-31-12-11-30-24-51-18-16-29(30)19-31/h7-12,15-20,24,33-34,36-37,39,42,55H,13-14,21-23,25-26H2,1-6H3,(H,52,59)/t33-,34?,36-,37?,39+,42+,45?,46?,47-,48+/m0/s1. The van der Waals surface area contributed by atoms with Crippen molar-refractivity contribution in [1.29, 1.82) is 0 Å². The van der Waals surface area contributed by atoms with Gasteiger partial charge < -0.3 is 29.4 Å². The number of aliphatic hydroxyl groups excluding tert-OH is 1. The van der Waals surface area contributed by atoms with E-state index in [9.17, 15) is 29.1 Å². The number of benzene rings is 2. The van der Waals surface area contributed by atoms with Crippen LogP contribution >= 0.6 is 0 Å². The minimum Gasteiger partial charge on any atom is -0.461 e. The highest BCUT2D eigenvalue weighted by molar-refractivity contribution is 6.01. The van der Waals surface area contributed by atoms with Gasteiger partial charge >= 0.3 is 11.9 Å². The van der Waals surface area contributed by atoms with Crippen LogP contribution in [0.4, 0.5) is 14.5 Å². The number of nitrogens with one attached hydrogen (secondary N) is 1. The Balaban J connectivity index is 0.865. The minimum atomic E-state index is -2.36. The van der Waals surface area contributed by atoms with Crippen molar-refractivity contribution in [1.82, 2.24) is 9.88 Å². The number of fused-ring (bicyclic) bond motifs is 8. The normalized spacial score (nSPS) is 33.1. The molecular formula is C48H53F2N3O10. The average molecular weight is 870 g/mol. The van der Waals surface area contributed by atoms with Gasteiger partial charge in [0.1, 0.15) is 18.8 Å². The number of esters is 2. The number of aromatic nitrogens is 1. The van der Waals surface area contributed by atoms with Crippen LogP contribution in [0.3, 0.4) is 0 Å². The summed E-state index contributed by atoms with van der Waals surface area (Å²) in [5.41, 5.74) is -4.98. The van der Waals surface area contributed by atoms with Gasteiger partial charge in [-0.2, -0.15) is 0 Å². The molecule has 4 unspecified atom stereocenters. The van der Waals surface area contributed by atoms with Gasteiger partial charge in [-0.25, -0.2) is 8.78 Å². The Bertz CT molecular complexity index is 2420. The molecule has 4 aliphatic carbocycles. The monoisotopic (exact) mass is 869 g/mol. The van der Waals surface area contributed by atoms with Crippen LogP contribution in [0.5, 0.6) is 0 Å². The van der Waals surface area contributed by atoms with Crippen molar-refractivity contribution in [3.63, 3.8) is 0 Å². The van der Waals surface area contributed by atoms with Crippen LogP contribution in [0.2, 0.25) is 0 Å². The largest absolute Gasteiger partial charge is 0.461 e. The molecule has 1 aromatic heterocycles. The first-order valence-electron chi connectivity index (χ1n) is 21.3. The van der Waals surface area contributed by atoms with Gasteiger partial charge in [0.15, 0.2) is 29.4 Å². The molecule has 0 radical (unpaired) electrons. The highest BCUT2D eigenvalue weighted by atomic mass is 19.1. The maximum atomic E-state index is 17.7. The van der Waals surface area contributed by atoms with Gasteiger partial charge in [0.25, 0.3) is 0 Å². The SMILES string of the molecule is CN(C)[C@@H](C(=O)Nc1ccc2cnccc2c1)c1ccc(COC(=O)CCC(=O)OCC(=O)[C@@]23OC(C)(C)O[C@@H]2C[C@H]2C4C[C@H](F)C5=CC(=O)C=CC5(C)[C@@]4(F)C(O)CC23C)cc1. The molecule has 2 N–H and O–H groups in total. The zero-order chi connectivity index (χ0) is 45.3. The second-order valence-corrected chi connectivity index (χ2v) is 18.7. The summed E-state index contributed by atoms with van der Waals surface area (Å²) in [6.07, 6.45) is 1.73. The number of ether oxygens (including phenoxy) is 4. The van der Waals surface area contributed by atoms with Gasteiger partial charge in [-0.05, 0) is 112 Å². The maximum Gasteiger partial charge on any atom is 0.306 e. The van der Waals surface area contributed by atoms with E-state index in [-0.39, 0.29) is 50.2 Å². The number of nitrogens with zero attached hydrogens (tertiary/aromatic N) is 2. The summed E-state index contributed by atoms with van der Waals surface area (Å²) in [4.78, 5) is 71.6. The van der Waals surface area contributed by atoms with Crippen molar-refractivity contribution in [3.8, 4) is 0 Å². The number of carbonyl (C=O) groups is 5. The molecule has 3 saturated carbocycles. The van der Waals surface area contributed by atoms with E-state index >= 15 is 8.78 Å². The van der Waals surface area contributed by atoms with Crippen molar-refractivity contribution in [3.05, 3.63) is 95.9 Å². The predicted octanol–water partition coefficient (Wildman–Crippen LogP) is 6.23. The predicted molar refractivity (Wildman–Crippen MR) is 225 cm³/mol. The summed E-state index contributed by atoms with van der Waals surface area (Å²) >= 11 is 0. The number of hydrogen-bond donors (Lipinski definition) is 2. The van der Waals surface area contributed by atoms with Crippen LogP contribution in [0.15, 0.2) is 84.7 Å². The molecule has 1 saturated heterocycles. The van der Waals surface area contributed by atoms with Gasteiger partial charge in [-0.1, -0.05) is 43.3 Å². The molecule has 0 spiro atoms. The third kappa shape index (κ3) is 7.40. The molecule has 1 aliphatic heterocycles. The van der Waals surface area contributed by atoms with Gasteiger partial charge in [-0.3, -0.25) is 33.9 Å². The quantitative estimate of drug-likeness (QED) is 0.197. The lowest BCUT2D eigenvalue weighted by Gasteiger charge is -2.63. The molecule has 0 bridgehead atoms. The molecule has 8 rings (SSSR count). The summed E-state index contributed by atoms with van der Waals surface area (Å²) in [5.74, 6) is -5.86. The number of anilines is 1. The molecule has 2 heterocycles. The van der Waals surface area contributed by atoms with Crippen molar-refractivity contribution < 1.29 is 56.8 Å². The Kier molecular flexibility index (Phi) is 11.3. The van der Waals surface area contributed by atoms with E-state index in [2.05, 4.69) is 10.3 Å². The topological polar surface area (TPSA) is 171 Å². The minimum absolute atomic E-state index is 0.00732. The molecular weight excluding hydrogens is 817 g/mol. The lowest BCUT2D eigenvalue weighted by molar-refractivity contribution is -0.249. The van der Waals surface area contributed by atoms with Gasteiger partial charge in [-0.15, -0.1) is 0 Å². The lowest BCUT2D eigenvalue weighted by Crippen LogP contribution is -2.71. The summed E-state index contributed by atoms with van der Waals surface area (Å²) < 4.78 is 57.2. The number of hydrogen-bond acceptors (Lipinski definition) is 12. The van der Waals surface area contributed by atoms with Gasteiger partial charge in [0.05, 0.1) is 25.0 Å². The first-order valence-corrected chi connectivity index (χ1v) is 21.3. The van der Waals surface area contributed by atoms with E-state index in [4.69, 9.17) is 18.9 Å². The molecule has 334 valence electrons. The maximum absolute atomic E-state index is 17.7. The highest BCUT2D eigenvalue weighted by Gasteiger charge is 2.80. The lowest BCUT2D eigenvalue weighted by atomic mass is 9.44. The van der Waals surface area contributed by atoms with Crippen molar-refractivity contribution >= 4 is 45.9 Å². The molecule has 5 aliphatic rings. The Labute approximate surface area is 364 Å². The van der Waals surface area contributed by atoms with Gasteiger partial charge in [0, 0.05) is 40.2 Å². The van der Waals surface area contributed by atoms with Crippen LogP contribution < -0.4 is 5.32 Å². The van der Waals surface area contributed by atoms with E-state index in [1.54, 1.807) is 76.4 Å². The number of allylic oxidation sites excluding steroid dienone is 4. The average Bonchev–Trinajstić information content (AvgIpc) is 3.65. The Morgan fingerprint density at radius 2 is 1.68 bits per heavy atom. The van der Waals surface area contributed by atoms with Crippen LogP contribution in [0, 0.1) is 22.7 Å². The first kappa shape index (κ1) is 44.4. The fourth-order valence-electron chi connectivity index (χ4n) is 11.4.